The van der Waals surface area contributed by atoms with E-state index in [4.69, 9.17) is 27.9 Å². The summed E-state index contributed by atoms with van der Waals surface area (Å²) < 4.78 is 6.59. The summed E-state index contributed by atoms with van der Waals surface area (Å²) in [6.07, 6.45) is 0. The Hall–Kier alpha value is -2.83. The van der Waals surface area contributed by atoms with Crippen LogP contribution < -0.4 is 5.32 Å². The number of anilines is 1. The van der Waals surface area contributed by atoms with E-state index in [0.29, 0.717) is 22.9 Å². The molecule has 0 spiro atoms. The molecule has 8 heteroatoms. The van der Waals surface area contributed by atoms with Gasteiger partial charge in [0.1, 0.15) is 10.7 Å². The van der Waals surface area contributed by atoms with E-state index >= 15 is 0 Å². The molecule has 1 aromatic heterocycles. The standard InChI is InChI=1S/C21H19Cl2N3O3/c1-13-7-9-16(10-8-13)24-18(27)12-29-21(28)19-14(2)25-26(20(19)23)11-15-5-3-4-6-17(15)22/h3-10H,11-12H2,1-2H3,(H,24,27). The van der Waals surface area contributed by atoms with Crippen molar-refractivity contribution in [1.82, 2.24) is 9.78 Å². The van der Waals surface area contributed by atoms with E-state index in [0.717, 1.165) is 11.1 Å². The number of halogens is 2. The molecule has 0 aliphatic heterocycles. The lowest BCUT2D eigenvalue weighted by Crippen LogP contribution is -2.21. The van der Waals surface area contributed by atoms with Gasteiger partial charge in [-0.2, -0.15) is 5.10 Å². The number of amides is 1. The van der Waals surface area contributed by atoms with Gasteiger partial charge in [0.05, 0.1) is 12.2 Å². The molecule has 3 aromatic rings. The third-order valence-corrected chi connectivity index (χ3v) is 4.97. The van der Waals surface area contributed by atoms with Gasteiger partial charge in [0, 0.05) is 10.7 Å². The van der Waals surface area contributed by atoms with Crippen LogP contribution in [0.25, 0.3) is 0 Å². The molecule has 0 radical (unpaired) electrons. The van der Waals surface area contributed by atoms with Crippen LogP contribution in [0.2, 0.25) is 10.2 Å². The summed E-state index contributed by atoms with van der Waals surface area (Å²) in [6, 6.07) is 14.6. The van der Waals surface area contributed by atoms with Crippen molar-refractivity contribution in [3.05, 3.63) is 81.1 Å². The Balaban J connectivity index is 1.65. The maximum Gasteiger partial charge on any atom is 0.343 e. The van der Waals surface area contributed by atoms with Crippen molar-refractivity contribution < 1.29 is 14.3 Å². The number of aromatic nitrogens is 2. The van der Waals surface area contributed by atoms with Crippen LogP contribution in [0.1, 0.15) is 27.2 Å². The van der Waals surface area contributed by atoms with Crippen molar-refractivity contribution in [3.63, 3.8) is 0 Å². The molecule has 1 N–H and O–H groups in total. The fourth-order valence-corrected chi connectivity index (χ4v) is 3.22. The van der Waals surface area contributed by atoms with Crippen LogP contribution in [0.4, 0.5) is 5.69 Å². The van der Waals surface area contributed by atoms with Crippen LogP contribution in [-0.4, -0.2) is 28.3 Å². The molecule has 0 saturated carbocycles. The number of hydrogen-bond acceptors (Lipinski definition) is 4. The number of rotatable bonds is 6. The second kappa shape index (κ2) is 9.11. The Morgan fingerprint density at radius 1 is 1.07 bits per heavy atom. The van der Waals surface area contributed by atoms with Gasteiger partial charge in [-0.05, 0) is 37.6 Å². The summed E-state index contributed by atoms with van der Waals surface area (Å²) in [5, 5.41) is 7.67. The Labute approximate surface area is 178 Å². The van der Waals surface area contributed by atoms with Crippen molar-refractivity contribution in [2.45, 2.75) is 20.4 Å². The highest BCUT2D eigenvalue weighted by atomic mass is 35.5. The molecule has 29 heavy (non-hydrogen) atoms. The highest BCUT2D eigenvalue weighted by molar-refractivity contribution is 6.33. The van der Waals surface area contributed by atoms with Crippen LogP contribution in [0, 0.1) is 13.8 Å². The number of carbonyl (C=O) groups excluding carboxylic acids is 2. The second-order valence-electron chi connectivity index (χ2n) is 6.49. The molecule has 1 amide bonds. The van der Waals surface area contributed by atoms with Crippen LogP contribution >= 0.6 is 23.2 Å². The zero-order chi connectivity index (χ0) is 21.0. The maximum absolute atomic E-state index is 12.5. The molecule has 0 aliphatic carbocycles. The van der Waals surface area contributed by atoms with Gasteiger partial charge in [-0.3, -0.25) is 4.79 Å². The number of carbonyl (C=O) groups is 2. The second-order valence-corrected chi connectivity index (χ2v) is 7.26. The zero-order valence-corrected chi connectivity index (χ0v) is 17.4. The molecule has 6 nitrogen and oxygen atoms in total. The van der Waals surface area contributed by atoms with Crippen molar-refractivity contribution in [3.8, 4) is 0 Å². The van der Waals surface area contributed by atoms with Crippen LogP contribution in [-0.2, 0) is 16.1 Å². The van der Waals surface area contributed by atoms with Crippen LogP contribution in [0.15, 0.2) is 48.5 Å². The first-order valence-corrected chi connectivity index (χ1v) is 9.60. The molecule has 0 bridgehead atoms. The molecule has 0 atom stereocenters. The van der Waals surface area contributed by atoms with Gasteiger partial charge >= 0.3 is 5.97 Å². The lowest BCUT2D eigenvalue weighted by molar-refractivity contribution is -0.119. The molecular weight excluding hydrogens is 413 g/mol. The number of aryl methyl sites for hydroxylation is 2. The largest absolute Gasteiger partial charge is 0.452 e. The number of ether oxygens (including phenoxy) is 1. The molecule has 3 rings (SSSR count). The summed E-state index contributed by atoms with van der Waals surface area (Å²) in [5.74, 6) is -1.16. The minimum Gasteiger partial charge on any atom is -0.452 e. The fraction of sp³-hybridized carbons (Fsp3) is 0.190. The van der Waals surface area contributed by atoms with E-state index in [-0.39, 0.29) is 10.7 Å². The Morgan fingerprint density at radius 3 is 2.45 bits per heavy atom. The van der Waals surface area contributed by atoms with E-state index in [2.05, 4.69) is 10.4 Å². The molecular formula is C21H19Cl2N3O3. The number of benzene rings is 2. The summed E-state index contributed by atoms with van der Waals surface area (Å²) in [6.45, 7) is 3.47. The SMILES string of the molecule is Cc1ccc(NC(=O)COC(=O)c2c(C)nn(Cc3ccccc3Cl)c2Cl)cc1. The number of esters is 1. The van der Waals surface area contributed by atoms with E-state index in [1.54, 1.807) is 25.1 Å². The first-order valence-electron chi connectivity index (χ1n) is 8.85. The molecule has 1 heterocycles. The quantitative estimate of drug-likeness (QED) is 0.576. The normalized spacial score (nSPS) is 10.6. The number of hydrogen-bond donors (Lipinski definition) is 1. The van der Waals surface area contributed by atoms with Crippen molar-refractivity contribution in [2.75, 3.05) is 11.9 Å². The summed E-state index contributed by atoms with van der Waals surface area (Å²) in [5.41, 5.74) is 3.05. The van der Waals surface area contributed by atoms with E-state index in [1.165, 1.54) is 4.68 Å². The van der Waals surface area contributed by atoms with Gasteiger partial charge in [-0.15, -0.1) is 0 Å². The molecule has 0 fully saturated rings. The smallest absolute Gasteiger partial charge is 0.343 e. The Bertz CT molecular complexity index is 1050. The minimum absolute atomic E-state index is 0.127. The summed E-state index contributed by atoms with van der Waals surface area (Å²) in [4.78, 5) is 24.5. The van der Waals surface area contributed by atoms with Gasteiger partial charge in [-0.25, -0.2) is 9.48 Å². The number of nitrogens with one attached hydrogen (secondary N) is 1. The lowest BCUT2D eigenvalue weighted by atomic mass is 10.2. The van der Waals surface area contributed by atoms with Crippen molar-refractivity contribution >= 4 is 40.8 Å². The van der Waals surface area contributed by atoms with E-state index in [1.807, 2.05) is 37.3 Å². The van der Waals surface area contributed by atoms with Gasteiger partial charge in [0.2, 0.25) is 0 Å². The lowest BCUT2D eigenvalue weighted by Gasteiger charge is -2.07. The van der Waals surface area contributed by atoms with Gasteiger partial charge in [-0.1, -0.05) is 59.1 Å². The predicted octanol–water partition coefficient (Wildman–Crippen LogP) is 4.65. The topological polar surface area (TPSA) is 73.2 Å². The Morgan fingerprint density at radius 2 is 1.76 bits per heavy atom. The van der Waals surface area contributed by atoms with Crippen LogP contribution in [0.3, 0.4) is 0 Å². The van der Waals surface area contributed by atoms with Gasteiger partial charge < -0.3 is 10.1 Å². The zero-order valence-electron chi connectivity index (χ0n) is 15.9. The van der Waals surface area contributed by atoms with Crippen LogP contribution in [0.5, 0.6) is 0 Å². The predicted molar refractivity (Wildman–Crippen MR) is 113 cm³/mol. The summed E-state index contributed by atoms with van der Waals surface area (Å²) in [7, 11) is 0. The van der Waals surface area contributed by atoms with E-state index in [9.17, 15) is 9.59 Å². The first kappa shape index (κ1) is 20.9. The number of nitrogens with zero attached hydrogens (tertiary/aromatic N) is 2. The highest BCUT2D eigenvalue weighted by Gasteiger charge is 2.23. The van der Waals surface area contributed by atoms with Crippen molar-refractivity contribution in [1.29, 1.82) is 0 Å². The molecule has 2 aromatic carbocycles. The minimum atomic E-state index is -0.711. The highest BCUT2D eigenvalue weighted by Crippen LogP contribution is 2.24. The first-order chi connectivity index (χ1) is 13.8. The Kier molecular flexibility index (Phi) is 6.56. The van der Waals surface area contributed by atoms with Crippen molar-refractivity contribution in [2.24, 2.45) is 0 Å². The third kappa shape index (κ3) is 5.16. The molecule has 0 saturated heterocycles. The molecule has 0 aliphatic rings. The average Bonchev–Trinajstić information content (AvgIpc) is 2.97. The van der Waals surface area contributed by atoms with Gasteiger partial charge in [0.25, 0.3) is 5.91 Å². The third-order valence-electron chi connectivity index (χ3n) is 4.22. The van der Waals surface area contributed by atoms with Gasteiger partial charge in [0.15, 0.2) is 6.61 Å². The van der Waals surface area contributed by atoms with E-state index < -0.39 is 18.5 Å². The molecule has 0 unspecified atom stereocenters. The average molecular weight is 432 g/mol. The fourth-order valence-electron chi connectivity index (χ4n) is 2.72. The monoisotopic (exact) mass is 431 g/mol. The summed E-state index contributed by atoms with van der Waals surface area (Å²) >= 11 is 12.5. The maximum atomic E-state index is 12.5. The molecule has 150 valence electrons.